The van der Waals surface area contributed by atoms with E-state index in [1.54, 1.807) is 18.2 Å². The summed E-state index contributed by atoms with van der Waals surface area (Å²) in [7, 11) is 0. The summed E-state index contributed by atoms with van der Waals surface area (Å²) in [6.45, 7) is 4.42. The predicted molar refractivity (Wildman–Crippen MR) is 129 cm³/mol. The summed E-state index contributed by atoms with van der Waals surface area (Å²) in [6.07, 6.45) is 6.27. The van der Waals surface area contributed by atoms with Crippen LogP contribution in [0, 0.1) is 0 Å². The molecular formula is C27H32N2O2. The van der Waals surface area contributed by atoms with Crippen LogP contribution in [-0.2, 0) is 25.7 Å². The van der Waals surface area contributed by atoms with Gasteiger partial charge in [-0.15, -0.1) is 0 Å². The smallest absolute Gasteiger partial charge is 0.337 e. The van der Waals surface area contributed by atoms with Gasteiger partial charge in [0.25, 0.3) is 0 Å². The second kappa shape index (κ2) is 10.7. The van der Waals surface area contributed by atoms with E-state index in [0.29, 0.717) is 5.69 Å². The van der Waals surface area contributed by atoms with Crippen molar-refractivity contribution in [1.82, 2.24) is 0 Å². The van der Waals surface area contributed by atoms with Crippen LogP contribution in [0.3, 0.4) is 0 Å². The molecule has 0 atom stereocenters. The van der Waals surface area contributed by atoms with E-state index in [-0.39, 0.29) is 5.56 Å². The normalized spacial score (nSPS) is 10.8. The molecule has 162 valence electrons. The third kappa shape index (κ3) is 5.66. The van der Waals surface area contributed by atoms with Crippen molar-refractivity contribution in [3.63, 3.8) is 0 Å². The zero-order valence-corrected chi connectivity index (χ0v) is 18.4. The third-order valence-electron chi connectivity index (χ3n) is 5.64. The SMILES string of the molecule is CCCc1c(N)ccc(CCc2ccc(Nc3ccccc3C(=O)O)cc2)c1CCC. The first-order valence-corrected chi connectivity index (χ1v) is 11.1. The summed E-state index contributed by atoms with van der Waals surface area (Å²) < 4.78 is 0. The van der Waals surface area contributed by atoms with Crippen LogP contribution in [0.1, 0.15) is 59.3 Å². The summed E-state index contributed by atoms with van der Waals surface area (Å²) >= 11 is 0. The molecule has 0 fully saturated rings. The van der Waals surface area contributed by atoms with E-state index >= 15 is 0 Å². The van der Waals surface area contributed by atoms with Gasteiger partial charge < -0.3 is 16.2 Å². The Kier molecular flexibility index (Phi) is 7.71. The van der Waals surface area contributed by atoms with E-state index in [0.717, 1.165) is 49.9 Å². The van der Waals surface area contributed by atoms with Crippen molar-refractivity contribution in [1.29, 1.82) is 0 Å². The minimum absolute atomic E-state index is 0.265. The van der Waals surface area contributed by atoms with Gasteiger partial charge in [-0.25, -0.2) is 4.79 Å². The highest BCUT2D eigenvalue weighted by atomic mass is 16.4. The summed E-state index contributed by atoms with van der Waals surface area (Å²) in [5, 5.41) is 12.6. The molecule has 0 spiro atoms. The number of hydrogen-bond donors (Lipinski definition) is 3. The Balaban J connectivity index is 1.71. The summed E-state index contributed by atoms with van der Waals surface area (Å²) in [5.41, 5.74) is 14.4. The third-order valence-corrected chi connectivity index (χ3v) is 5.64. The Morgan fingerprint density at radius 2 is 1.52 bits per heavy atom. The van der Waals surface area contributed by atoms with Crippen molar-refractivity contribution in [2.75, 3.05) is 11.1 Å². The molecule has 4 heteroatoms. The van der Waals surface area contributed by atoms with Crippen molar-refractivity contribution in [2.24, 2.45) is 0 Å². The first kappa shape index (κ1) is 22.4. The van der Waals surface area contributed by atoms with Crippen LogP contribution in [-0.4, -0.2) is 11.1 Å². The summed E-state index contributed by atoms with van der Waals surface area (Å²) in [6, 6.07) is 19.4. The highest BCUT2D eigenvalue weighted by molar-refractivity contribution is 5.95. The van der Waals surface area contributed by atoms with E-state index < -0.39 is 5.97 Å². The molecule has 0 saturated carbocycles. The Morgan fingerprint density at radius 1 is 0.839 bits per heavy atom. The molecule has 31 heavy (non-hydrogen) atoms. The van der Waals surface area contributed by atoms with Crippen LogP contribution in [0.4, 0.5) is 17.1 Å². The van der Waals surface area contributed by atoms with Crippen LogP contribution < -0.4 is 11.1 Å². The Labute approximate surface area is 185 Å². The molecule has 3 aromatic rings. The number of rotatable bonds is 10. The maximum atomic E-state index is 11.4. The largest absolute Gasteiger partial charge is 0.478 e. The second-order valence-corrected chi connectivity index (χ2v) is 7.94. The number of carboxylic acid groups (broad SMARTS) is 1. The lowest BCUT2D eigenvalue weighted by Crippen LogP contribution is -2.06. The molecule has 0 radical (unpaired) electrons. The molecule has 0 aromatic heterocycles. The topological polar surface area (TPSA) is 75.3 Å². The van der Waals surface area contributed by atoms with Crippen LogP contribution >= 0.6 is 0 Å². The first-order chi connectivity index (χ1) is 15.0. The number of para-hydroxylation sites is 1. The average Bonchev–Trinajstić information content (AvgIpc) is 2.77. The van der Waals surface area contributed by atoms with E-state index in [1.807, 2.05) is 18.2 Å². The van der Waals surface area contributed by atoms with Gasteiger partial charge >= 0.3 is 5.97 Å². The summed E-state index contributed by atoms with van der Waals surface area (Å²) in [4.78, 5) is 11.4. The molecule has 4 N–H and O–H groups in total. The molecule has 0 aliphatic carbocycles. The van der Waals surface area contributed by atoms with Crippen LogP contribution in [0.25, 0.3) is 0 Å². The molecule has 3 rings (SSSR count). The fourth-order valence-electron chi connectivity index (χ4n) is 4.07. The molecule has 3 aromatic carbocycles. The molecule has 0 saturated heterocycles. The van der Waals surface area contributed by atoms with E-state index in [2.05, 4.69) is 43.4 Å². The van der Waals surface area contributed by atoms with Gasteiger partial charge in [0.15, 0.2) is 0 Å². The fourth-order valence-corrected chi connectivity index (χ4v) is 4.07. The lowest BCUT2D eigenvalue weighted by atomic mass is 9.90. The molecule has 0 amide bonds. The number of nitrogen functional groups attached to an aromatic ring is 1. The molecule has 0 bridgehead atoms. The van der Waals surface area contributed by atoms with Gasteiger partial charge in [-0.1, -0.05) is 57.0 Å². The van der Waals surface area contributed by atoms with Gasteiger partial charge in [0.05, 0.1) is 11.3 Å². The standard InChI is InChI=1S/C27H32N2O2/c1-3-7-22-20(15-18-25(28)23(22)8-4-2)14-11-19-12-16-21(17-13-19)29-26-10-6-5-9-24(26)27(30)31/h5-6,9-10,12-13,15-18,29H,3-4,7-8,11,14,28H2,1-2H3,(H,30,31). The number of aryl methyl sites for hydroxylation is 2. The first-order valence-electron chi connectivity index (χ1n) is 11.1. The maximum Gasteiger partial charge on any atom is 0.337 e. The number of nitrogens with one attached hydrogen (secondary N) is 1. The van der Waals surface area contributed by atoms with Gasteiger partial charge in [0.1, 0.15) is 0 Å². The summed E-state index contributed by atoms with van der Waals surface area (Å²) in [5.74, 6) is -0.937. The van der Waals surface area contributed by atoms with Gasteiger partial charge in [-0.05, 0) is 78.3 Å². The average molecular weight is 417 g/mol. The van der Waals surface area contributed by atoms with Crippen molar-refractivity contribution in [3.8, 4) is 0 Å². The van der Waals surface area contributed by atoms with Crippen molar-refractivity contribution in [3.05, 3.63) is 88.5 Å². The minimum Gasteiger partial charge on any atom is -0.478 e. The van der Waals surface area contributed by atoms with Crippen LogP contribution in [0.15, 0.2) is 60.7 Å². The van der Waals surface area contributed by atoms with Gasteiger partial charge in [-0.3, -0.25) is 0 Å². The molecule has 0 aliphatic rings. The number of benzene rings is 3. The van der Waals surface area contributed by atoms with E-state index in [1.165, 1.54) is 22.3 Å². The predicted octanol–water partition coefficient (Wildman–Crippen LogP) is 6.40. The number of carboxylic acids is 1. The minimum atomic E-state index is -0.937. The highest BCUT2D eigenvalue weighted by Crippen LogP contribution is 2.26. The van der Waals surface area contributed by atoms with Gasteiger partial charge in [-0.2, -0.15) is 0 Å². The molecule has 0 unspecified atom stereocenters. The van der Waals surface area contributed by atoms with E-state index in [9.17, 15) is 9.90 Å². The van der Waals surface area contributed by atoms with Crippen molar-refractivity contribution in [2.45, 2.75) is 52.4 Å². The molecular weight excluding hydrogens is 384 g/mol. The Morgan fingerprint density at radius 3 is 2.19 bits per heavy atom. The van der Waals surface area contributed by atoms with Crippen molar-refractivity contribution < 1.29 is 9.90 Å². The highest BCUT2D eigenvalue weighted by Gasteiger charge is 2.12. The Bertz CT molecular complexity index is 1030. The lowest BCUT2D eigenvalue weighted by molar-refractivity contribution is 0.0698. The second-order valence-electron chi connectivity index (χ2n) is 7.94. The van der Waals surface area contributed by atoms with Gasteiger partial charge in [0, 0.05) is 11.4 Å². The van der Waals surface area contributed by atoms with E-state index in [4.69, 9.17) is 5.73 Å². The number of hydrogen-bond acceptors (Lipinski definition) is 3. The van der Waals surface area contributed by atoms with Gasteiger partial charge in [0.2, 0.25) is 0 Å². The quantitative estimate of drug-likeness (QED) is 0.334. The van der Waals surface area contributed by atoms with Crippen LogP contribution in [0.2, 0.25) is 0 Å². The zero-order valence-electron chi connectivity index (χ0n) is 18.4. The molecule has 0 aliphatic heterocycles. The number of nitrogens with two attached hydrogens (primary N) is 1. The molecule has 0 heterocycles. The number of aromatic carboxylic acids is 1. The number of carbonyl (C=O) groups is 1. The van der Waals surface area contributed by atoms with Crippen molar-refractivity contribution >= 4 is 23.0 Å². The van der Waals surface area contributed by atoms with Crippen LogP contribution in [0.5, 0.6) is 0 Å². The maximum absolute atomic E-state index is 11.4. The molecule has 4 nitrogen and oxygen atoms in total. The fraction of sp³-hybridized carbons (Fsp3) is 0.296. The lowest BCUT2D eigenvalue weighted by Gasteiger charge is -2.17. The number of anilines is 3. The zero-order chi connectivity index (χ0) is 22.2. The monoisotopic (exact) mass is 416 g/mol. The Hall–Kier alpha value is -3.27.